The van der Waals surface area contributed by atoms with Crippen LogP contribution < -0.4 is 5.32 Å². The first-order valence-electron chi connectivity index (χ1n) is 5.04. The lowest BCUT2D eigenvalue weighted by Gasteiger charge is -2.16. The maximum atomic E-state index is 5.89. The van der Waals surface area contributed by atoms with Gasteiger partial charge in [-0.2, -0.15) is 0 Å². The minimum atomic E-state index is 0.274. The van der Waals surface area contributed by atoms with E-state index in [4.69, 9.17) is 11.6 Å². The van der Waals surface area contributed by atoms with Crippen LogP contribution in [0.25, 0.3) is 0 Å². The molecule has 0 aromatic carbocycles. The molecule has 0 aliphatic rings. The van der Waals surface area contributed by atoms with Crippen LogP contribution in [0.3, 0.4) is 0 Å². The molecule has 0 radical (unpaired) electrons. The van der Waals surface area contributed by atoms with E-state index in [-0.39, 0.29) is 5.38 Å². The molecule has 1 N–H and O–H groups in total. The molecule has 0 amide bonds. The summed E-state index contributed by atoms with van der Waals surface area (Å²) in [6, 6.07) is 0.537. The number of nitrogens with zero attached hydrogens (tertiary/aromatic N) is 1. The Bertz CT molecular complexity index is 115. The van der Waals surface area contributed by atoms with Crippen LogP contribution >= 0.6 is 11.6 Å². The number of hydrogen-bond acceptors (Lipinski definition) is 2. The molecule has 80 valence electrons. The zero-order valence-electron chi connectivity index (χ0n) is 9.31. The molecule has 0 aliphatic heterocycles. The highest BCUT2D eigenvalue weighted by Crippen LogP contribution is 2.03. The lowest BCUT2D eigenvalue weighted by Crippen LogP contribution is -2.30. The molecule has 0 aromatic rings. The molecule has 0 heterocycles. The van der Waals surface area contributed by atoms with Crippen molar-refractivity contribution in [3.8, 4) is 0 Å². The maximum absolute atomic E-state index is 5.89. The predicted octanol–water partition coefficient (Wildman–Crippen LogP) is 1.93. The smallest absolute Gasteiger partial charge is 0.0322 e. The first-order chi connectivity index (χ1) is 6.02. The number of nitrogens with one attached hydrogen (secondary N) is 1. The Morgan fingerprint density at radius 3 is 2.38 bits per heavy atom. The fourth-order valence-corrected chi connectivity index (χ4v) is 1.58. The monoisotopic (exact) mass is 206 g/mol. The van der Waals surface area contributed by atoms with E-state index < -0.39 is 0 Å². The Balaban J connectivity index is 3.22. The van der Waals surface area contributed by atoms with Crippen molar-refractivity contribution in [2.75, 3.05) is 27.2 Å². The van der Waals surface area contributed by atoms with Crippen molar-refractivity contribution in [2.24, 2.45) is 0 Å². The lowest BCUT2D eigenvalue weighted by molar-refractivity contribution is 0.385. The van der Waals surface area contributed by atoms with Crippen LogP contribution in [0.5, 0.6) is 0 Å². The van der Waals surface area contributed by atoms with Gasteiger partial charge in [0, 0.05) is 11.4 Å². The van der Waals surface area contributed by atoms with Crippen molar-refractivity contribution in [2.45, 2.75) is 38.1 Å². The van der Waals surface area contributed by atoms with Crippen molar-refractivity contribution in [3.63, 3.8) is 0 Å². The van der Waals surface area contributed by atoms with Crippen LogP contribution in [0.15, 0.2) is 0 Å². The summed E-state index contributed by atoms with van der Waals surface area (Å²) in [5, 5.41) is 3.73. The van der Waals surface area contributed by atoms with Gasteiger partial charge in [-0.1, -0.05) is 0 Å². The minimum Gasteiger partial charge on any atom is -0.314 e. The van der Waals surface area contributed by atoms with Gasteiger partial charge >= 0.3 is 0 Å². The fraction of sp³-hybridized carbons (Fsp3) is 1.00. The van der Waals surface area contributed by atoms with Gasteiger partial charge in [-0.3, -0.25) is 0 Å². The van der Waals surface area contributed by atoms with E-state index in [1.807, 2.05) is 6.92 Å². The summed E-state index contributed by atoms with van der Waals surface area (Å²) in [5.41, 5.74) is 0. The Hall–Kier alpha value is 0.210. The first kappa shape index (κ1) is 13.2. The molecule has 0 saturated heterocycles. The summed E-state index contributed by atoms with van der Waals surface area (Å²) in [7, 11) is 4.20. The van der Waals surface area contributed by atoms with Gasteiger partial charge in [0.1, 0.15) is 0 Å². The Morgan fingerprint density at radius 2 is 1.92 bits per heavy atom. The van der Waals surface area contributed by atoms with Crippen molar-refractivity contribution in [1.82, 2.24) is 10.2 Å². The van der Waals surface area contributed by atoms with E-state index >= 15 is 0 Å². The second kappa shape index (κ2) is 7.60. The number of rotatable bonds is 7. The van der Waals surface area contributed by atoms with Gasteiger partial charge < -0.3 is 10.2 Å². The normalized spacial score (nSPS) is 16.2. The molecule has 0 rings (SSSR count). The Kier molecular flexibility index (Phi) is 7.72. The SMILES string of the molecule is CC(Cl)CC(C)NCCCN(C)C. The van der Waals surface area contributed by atoms with Crippen LogP contribution in [0.4, 0.5) is 0 Å². The second-order valence-corrected chi connectivity index (χ2v) is 4.77. The van der Waals surface area contributed by atoms with E-state index in [1.54, 1.807) is 0 Å². The molecule has 0 aliphatic carbocycles. The maximum Gasteiger partial charge on any atom is 0.0322 e. The highest BCUT2D eigenvalue weighted by Gasteiger charge is 2.04. The molecular formula is C10H23ClN2. The summed E-state index contributed by atoms with van der Waals surface area (Å²) < 4.78 is 0. The van der Waals surface area contributed by atoms with Crippen LogP contribution in [0.1, 0.15) is 26.7 Å². The zero-order valence-corrected chi connectivity index (χ0v) is 10.1. The van der Waals surface area contributed by atoms with Crippen molar-refractivity contribution in [3.05, 3.63) is 0 Å². The van der Waals surface area contributed by atoms with E-state index in [9.17, 15) is 0 Å². The fourth-order valence-electron chi connectivity index (χ4n) is 1.31. The topological polar surface area (TPSA) is 15.3 Å². The van der Waals surface area contributed by atoms with Crippen LogP contribution in [-0.2, 0) is 0 Å². The largest absolute Gasteiger partial charge is 0.314 e. The standard InChI is InChI=1S/C10H23ClN2/c1-9(11)8-10(2)12-6-5-7-13(3)4/h9-10,12H,5-8H2,1-4H3. The number of alkyl halides is 1. The quantitative estimate of drug-likeness (QED) is 0.506. The van der Waals surface area contributed by atoms with E-state index in [2.05, 4.69) is 31.2 Å². The number of halogens is 1. The molecule has 0 bridgehead atoms. The van der Waals surface area contributed by atoms with Gasteiger partial charge in [-0.15, -0.1) is 11.6 Å². The van der Waals surface area contributed by atoms with Crippen LogP contribution in [0, 0.1) is 0 Å². The molecule has 3 heteroatoms. The third-order valence-electron chi connectivity index (χ3n) is 1.95. The summed E-state index contributed by atoms with van der Waals surface area (Å²) in [6.45, 7) is 6.47. The molecule has 2 unspecified atom stereocenters. The Morgan fingerprint density at radius 1 is 1.31 bits per heavy atom. The molecule has 0 saturated carbocycles. The molecular weight excluding hydrogens is 184 g/mol. The number of hydrogen-bond donors (Lipinski definition) is 1. The molecule has 2 nitrogen and oxygen atoms in total. The first-order valence-corrected chi connectivity index (χ1v) is 5.48. The summed E-state index contributed by atoms with van der Waals surface area (Å²) in [4.78, 5) is 2.20. The third-order valence-corrected chi connectivity index (χ3v) is 2.13. The minimum absolute atomic E-state index is 0.274. The van der Waals surface area contributed by atoms with Crippen molar-refractivity contribution >= 4 is 11.6 Å². The van der Waals surface area contributed by atoms with Gasteiger partial charge in [0.05, 0.1) is 0 Å². The van der Waals surface area contributed by atoms with Crippen LogP contribution in [-0.4, -0.2) is 43.5 Å². The molecule has 0 spiro atoms. The Labute approximate surface area is 87.6 Å². The van der Waals surface area contributed by atoms with Crippen molar-refractivity contribution < 1.29 is 0 Å². The van der Waals surface area contributed by atoms with E-state index in [0.717, 1.165) is 19.5 Å². The predicted molar refractivity (Wildman–Crippen MR) is 60.6 cm³/mol. The average Bonchev–Trinajstić information content (AvgIpc) is 1.96. The second-order valence-electron chi connectivity index (χ2n) is 4.03. The summed E-state index contributed by atoms with van der Waals surface area (Å²) in [6.07, 6.45) is 2.25. The van der Waals surface area contributed by atoms with Gasteiger partial charge in [-0.25, -0.2) is 0 Å². The molecule has 13 heavy (non-hydrogen) atoms. The van der Waals surface area contributed by atoms with Gasteiger partial charge in [0.25, 0.3) is 0 Å². The average molecular weight is 207 g/mol. The van der Waals surface area contributed by atoms with Gasteiger partial charge in [0.15, 0.2) is 0 Å². The van der Waals surface area contributed by atoms with E-state index in [1.165, 1.54) is 6.42 Å². The van der Waals surface area contributed by atoms with Gasteiger partial charge in [-0.05, 0) is 53.9 Å². The highest BCUT2D eigenvalue weighted by molar-refractivity contribution is 6.20. The molecule has 0 fully saturated rings. The molecule has 2 atom stereocenters. The summed E-state index contributed by atoms with van der Waals surface area (Å²) in [5.74, 6) is 0. The van der Waals surface area contributed by atoms with E-state index in [0.29, 0.717) is 6.04 Å². The van der Waals surface area contributed by atoms with Gasteiger partial charge in [0.2, 0.25) is 0 Å². The third kappa shape index (κ3) is 10.1. The van der Waals surface area contributed by atoms with Crippen molar-refractivity contribution in [1.29, 1.82) is 0 Å². The lowest BCUT2D eigenvalue weighted by atomic mass is 10.2. The van der Waals surface area contributed by atoms with Crippen LogP contribution in [0.2, 0.25) is 0 Å². The zero-order chi connectivity index (χ0) is 10.3. The highest BCUT2D eigenvalue weighted by atomic mass is 35.5. The molecule has 0 aromatic heterocycles. The summed E-state index contributed by atoms with van der Waals surface area (Å²) >= 11 is 5.89.